The monoisotopic (exact) mass is 874 g/mol. The Hall–Kier alpha value is -7.40. The second-order valence-electron chi connectivity index (χ2n) is 20.1. The second-order valence-corrected chi connectivity index (χ2v) is 21.2. The van der Waals surface area contributed by atoms with Crippen LogP contribution in [0.15, 0.2) is 194 Å². The van der Waals surface area contributed by atoms with Crippen LogP contribution in [0.1, 0.15) is 59.7 Å². The molecule has 0 saturated heterocycles. The minimum atomic E-state index is -0.405. The van der Waals surface area contributed by atoms with Crippen molar-refractivity contribution in [3.8, 4) is 33.4 Å². The molecular formula is C63H47BN2S. The fourth-order valence-electron chi connectivity index (χ4n) is 12.7. The van der Waals surface area contributed by atoms with Crippen molar-refractivity contribution in [3.05, 3.63) is 233 Å². The Labute approximate surface area is 397 Å². The van der Waals surface area contributed by atoms with E-state index in [2.05, 4.69) is 239 Å². The summed E-state index contributed by atoms with van der Waals surface area (Å²) < 4.78 is 2.71. The predicted molar refractivity (Wildman–Crippen MR) is 286 cm³/mol. The molecular weight excluding hydrogens is 828 g/mol. The van der Waals surface area contributed by atoms with Gasteiger partial charge in [0.2, 0.25) is 0 Å². The first-order valence-corrected chi connectivity index (χ1v) is 24.5. The van der Waals surface area contributed by atoms with Crippen molar-refractivity contribution in [1.29, 1.82) is 0 Å². The van der Waals surface area contributed by atoms with Crippen molar-refractivity contribution in [3.63, 3.8) is 0 Å². The molecule has 2 aliphatic heterocycles. The van der Waals surface area contributed by atoms with Crippen molar-refractivity contribution >= 4 is 78.0 Å². The number of anilines is 6. The van der Waals surface area contributed by atoms with Gasteiger partial charge in [-0.2, -0.15) is 0 Å². The van der Waals surface area contributed by atoms with E-state index in [0.29, 0.717) is 0 Å². The smallest absolute Gasteiger partial charge is 0.264 e. The minimum Gasteiger partial charge on any atom is -0.311 e. The van der Waals surface area contributed by atoms with Gasteiger partial charge in [-0.3, -0.25) is 0 Å². The maximum Gasteiger partial charge on any atom is 0.264 e. The Kier molecular flexibility index (Phi) is 8.01. The molecule has 0 saturated carbocycles. The summed E-state index contributed by atoms with van der Waals surface area (Å²) in [6.07, 6.45) is 0. The van der Waals surface area contributed by atoms with Gasteiger partial charge < -0.3 is 9.80 Å². The van der Waals surface area contributed by atoms with E-state index >= 15 is 0 Å². The van der Waals surface area contributed by atoms with E-state index in [0.717, 1.165) is 0 Å². The first kappa shape index (κ1) is 38.8. The Morgan fingerprint density at radius 1 is 0.478 bits per heavy atom. The molecule has 318 valence electrons. The van der Waals surface area contributed by atoms with E-state index in [-0.39, 0.29) is 12.1 Å². The van der Waals surface area contributed by atoms with Crippen molar-refractivity contribution in [2.24, 2.45) is 0 Å². The highest BCUT2D eigenvalue weighted by Gasteiger charge is 2.52. The highest BCUT2D eigenvalue weighted by molar-refractivity contribution is 7.33. The summed E-state index contributed by atoms with van der Waals surface area (Å²) >= 11 is 2.00. The van der Waals surface area contributed by atoms with Crippen LogP contribution in [0, 0.1) is 13.8 Å². The molecule has 4 aliphatic rings. The molecule has 1 spiro atoms. The number of nitrogens with zero attached hydrogens (tertiary/aromatic N) is 2. The summed E-state index contributed by atoms with van der Waals surface area (Å²) in [5.41, 5.74) is 27.0. The van der Waals surface area contributed by atoms with Crippen LogP contribution in [-0.2, 0) is 10.8 Å². The standard InChI is InChI=1S/C63H47BN2S/c1-38-17-15-18-39(2)58(38)40-29-34-53-56(35-40)65(43-32-30-41(31-33-43)62(3,4)5)54-27-16-28-55-59(54)64(53)61-60(66(55)42-19-7-6-8-20-42)48-36-47-46-23-11-14-26-51(46)63(52(47)37-57(48)67-61)49-24-12-9-21-44(49)45-22-10-13-25-50(45)63/h6-37H,1-5H3. The van der Waals surface area contributed by atoms with E-state index in [9.17, 15) is 0 Å². The number of fused-ring (bicyclic) bond motifs is 16. The fourth-order valence-corrected chi connectivity index (χ4v) is 14.0. The van der Waals surface area contributed by atoms with Gasteiger partial charge in [0, 0.05) is 43.3 Å². The Morgan fingerprint density at radius 2 is 1.04 bits per heavy atom. The second kappa shape index (κ2) is 13.8. The van der Waals surface area contributed by atoms with Gasteiger partial charge in [0.05, 0.1) is 11.1 Å². The summed E-state index contributed by atoms with van der Waals surface area (Å²) in [5, 5.41) is 1.30. The lowest BCUT2D eigenvalue weighted by molar-refractivity contribution is 0.590. The third kappa shape index (κ3) is 5.17. The highest BCUT2D eigenvalue weighted by atomic mass is 32.1. The number of hydrogen-bond donors (Lipinski definition) is 0. The number of aryl methyl sites for hydroxylation is 2. The lowest BCUT2D eigenvalue weighted by atomic mass is 9.36. The normalized spacial score (nSPS) is 14.4. The molecule has 2 nitrogen and oxygen atoms in total. The van der Waals surface area contributed by atoms with Crippen molar-refractivity contribution < 1.29 is 0 Å². The van der Waals surface area contributed by atoms with Gasteiger partial charge in [-0.15, -0.1) is 11.3 Å². The average Bonchev–Trinajstić information content (AvgIpc) is 3.97. The van der Waals surface area contributed by atoms with E-state index in [4.69, 9.17) is 0 Å². The van der Waals surface area contributed by atoms with Gasteiger partial charge in [0.15, 0.2) is 0 Å². The van der Waals surface area contributed by atoms with Crippen LogP contribution >= 0.6 is 11.3 Å². The fraction of sp³-hybridized carbons (Fsp3) is 0.111. The van der Waals surface area contributed by atoms with Crippen LogP contribution in [0.25, 0.3) is 43.5 Å². The number of para-hydroxylation sites is 1. The van der Waals surface area contributed by atoms with Crippen molar-refractivity contribution in [2.45, 2.75) is 45.4 Å². The molecule has 0 amide bonds. The molecule has 3 heterocycles. The van der Waals surface area contributed by atoms with Gasteiger partial charge in [-0.25, -0.2) is 0 Å². The molecule has 0 radical (unpaired) electrons. The number of hydrogen-bond acceptors (Lipinski definition) is 3. The van der Waals surface area contributed by atoms with E-state index in [1.54, 1.807) is 0 Å². The highest BCUT2D eigenvalue weighted by Crippen LogP contribution is 2.64. The third-order valence-corrected chi connectivity index (χ3v) is 16.7. The van der Waals surface area contributed by atoms with E-state index in [1.165, 1.54) is 132 Å². The molecule has 14 rings (SSSR count). The summed E-state index contributed by atoms with van der Waals surface area (Å²) in [6, 6.07) is 74.1. The molecule has 0 unspecified atom stereocenters. The van der Waals surface area contributed by atoms with Crippen LogP contribution in [0.2, 0.25) is 0 Å². The van der Waals surface area contributed by atoms with Crippen molar-refractivity contribution in [1.82, 2.24) is 0 Å². The Balaban J connectivity index is 1.07. The number of rotatable bonds is 3. The summed E-state index contributed by atoms with van der Waals surface area (Å²) in [5.74, 6) is 0. The molecule has 0 atom stereocenters. The van der Waals surface area contributed by atoms with Crippen LogP contribution in [0.3, 0.4) is 0 Å². The molecule has 67 heavy (non-hydrogen) atoms. The van der Waals surface area contributed by atoms with Crippen LogP contribution < -0.4 is 25.5 Å². The van der Waals surface area contributed by atoms with Crippen LogP contribution in [0.5, 0.6) is 0 Å². The quantitative estimate of drug-likeness (QED) is 0.163. The summed E-state index contributed by atoms with van der Waals surface area (Å²) in [4.78, 5) is 5.14. The lowest BCUT2D eigenvalue weighted by Crippen LogP contribution is -2.60. The zero-order chi connectivity index (χ0) is 44.9. The maximum absolute atomic E-state index is 2.60. The lowest BCUT2D eigenvalue weighted by Gasteiger charge is -2.43. The van der Waals surface area contributed by atoms with E-state index in [1.807, 2.05) is 11.3 Å². The molecule has 9 aromatic carbocycles. The summed E-state index contributed by atoms with van der Waals surface area (Å²) in [6.45, 7) is 11.4. The maximum atomic E-state index is 2.60. The van der Waals surface area contributed by atoms with Gasteiger partial charge in [-0.1, -0.05) is 160 Å². The predicted octanol–water partition coefficient (Wildman–Crippen LogP) is 14.9. The van der Waals surface area contributed by atoms with Gasteiger partial charge in [0.1, 0.15) is 0 Å². The number of thiophene rings is 1. The molecule has 10 aromatic rings. The SMILES string of the molecule is Cc1cccc(C)c1-c1ccc2c(c1)N(c1ccc(C(C)(C)C)cc1)c1cccc3c1B2c1sc2cc4c(cc2c1N3c1ccccc1)-c1ccccc1C41c2ccccc2-c2ccccc21. The molecule has 0 bridgehead atoms. The van der Waals surface area contributed by atoms with Gasteiger partial charge in [0.25, 0.3) is 6.71 Å². The molecule has 4 heteroatoms. The number of benzene rings is 9. The van der Waals surface area contributed by atoms with Crippen LogP contribution in [-0.4, -0.2) is 6.71 Å². The molecule has 0 fully saturated rings. The average molecular weight is 875 g/mol. The van der Waals surface area contributed by atoms with Crippen molar-refractivity contribution in [2.75, 3.05) is 9.80 Å². The third-order valence-electron chi connectivity index (χ3n) is 15.5. The largest absolute Gasteiger partial charge is 0.311 e. The topological polar surface area (TPSA) is 6.48 Å². The van der Waals surface area contributed by atoms with Gasteiger partial charge >= 0.3 is 0 Å². The zero-order valence-electron chi connectivity index (χ0n) is 38.4. The molecule has 1 aromatic heterocycles. The van der Waals surface area contributed by atoms with Gasteiger partial charge in [-0.05, 0) is 157 Å². The Morgan fingerprint density at radius 3 is 1.69 bits per heavy atom. The zero-order valence-corrected chi connectivity index (χ0v) is 39.2. The summed E-state index contributed by atoms with van der Waals surface area (Å²) in [7, 11) is 0. The molecule has 0 N–H and O–H groups in total. The minimum absolute atomic E-state index is 0.0229. The first-order chi connectivity index (χ1) is 32.7. The first-order valence-electron chi connectivity index (χ1n) is 23.7. The van der Waals surface area contributed by atoms with E-state index < -0.39 is 5.41 Å². The molecule has 2 aliphatic carbocycles. The Bertz CT molecular complexity index is 3660. The van der Waals surface area contributed by atoms with Crippen LogP contribution in [0.4, 0.5) is 34.1 Å².